The fraction of sp³-hybridized carbons (Fsp3) is 0.955. The molecule has 0 saturated heterocycles. The quantitative estimate of drug-likeness (QED) is 0.0316. The van der Waals surface area contributed by atoms with Gasteiger partial charge < -0.3 is 20.1 Å². The Morgan fingerprint density at radius 3 is 1.20 bits per heavy atom. The maximum Gasteiger partial charge on any atom is 0.472 e. The van der Waals surface area contributed by atoms with Crippen LogP contribution >= 0.6 is 7.82 Å². The Morgan fingerprint density at radius 2 is 0.833 bits per heavy atom. The molecular formula is C44H88NO8P. The van der Waals surface area contributed by atoms with E-state index in [2.05, 4.69) is 19.2 Å². The van der Waals surface area contributed by atoms with E-state index in [0.717, 1.165) is 38.5 Å². The van der Waals surface area contributed by atoms with Crippen LogP contribution in [0.25, 0.3) is 0 Å². The zero-order valence-corrected chi connectivity index (χ0v) is 36.3. The van der Waals surface area contributed by atoms with E-state index in [9.17, 15) is 24.2 Å². The smallest absolute Gasteiger partial charge is 0.463 e. The normalized spacial score (nSPS) is 13.2. The van der Waals surface area contributed by atoms with Crippen molar-refractivity contribution in [2.45, 2.75) is 245 Å². The van der Waals surface area contributed by atoms with Crippen molar-refractivity contribution in [2.24, 2.45) is 0 Å². The van der Waals surface area contributed by atoms with Gasteiger partial charge in [0.05, 0.1) is 13.2 Å². The molecule has 322 valence electrons. The summed E-state index contributed by atoms with van der Waals surface area (Å²) in [7, 11) is -4.41. The van der Waals surface area contributed by atoms with Gasteiger partial charge in [0.25, 0.3) is 0 Å². The molecule has 0 aliphatic carbocycles. The molecule has 0 aliphatic heterocycles. The number of carbonyl (C=O) groups excluding carboxylic acids is 2. The third-order valence-corrected chi connectivity index (χ3v) is 11.3. The molecule has 10 heteroatoms. The summed E-state index contributed by atoms with van der Waals surface area (Å²) in [6, 6.07) is 0. The number of phosphoric ester groups is 1. The van der Waals surface area contributed by atoms with Crippen LogP contribution in [0.3, 0.4) is 0 Å². The zero-order valence-electron chi connectivity index (χ0n) is 35.4. The van der Waals surface area contributed by atoms with Crippen molar-refractivity contribution in [3.05, 3.63) is 0 Å². The van der Waals surface area contributed by atoms with E-state index in [1.54, 1.807) is 0 Å². The SMILES string of the molecule is CCCCCCCCCCCCCCCCCCCC(=O)NCCOP(=O)(O)OCC(O)COC(=O)CCCCCCCCCCCCCCCCCC. The molecule has 0 rings (SSSR count). The largest absolute Gasteiger partial charge is 0.472 e. The lowest BCUT2D eigenvalue weighted by molar-refractivity contribution is -0.147. The summed E-state index contributed by atoms with van der Waals surface area (Å²) in [6.07, 6.45) is 41.7. The number of nitrogens with one attached hydrogen (secondary N) is 1. The average Bonchev–Trinajstić information content (AvgIpc) is 3.16. The lowest BCUT2D eigenvalue weighted by Gasteiger charge is -2.15. The fourth-order valence-electron chi connectivity index (χ4n) is 6.79. The van der Waals surface area contributed by atoms with Gasteiger partial charge in [-0.05, 0) is 12.8 Å². The van der Waals surface area contributed by atoms with Crippen LogP contribution in [0, 0.1) is 0 Å². The highest BCUT2D eigenvalue weighted by atomic mass is 31.2. The van der Waals surface area contributed by atoms with Crippen LogP contribution in [0.5, 0.6) is 0 Å². The van der Waals surface area contributed by atoms with Gasteiger partial charge in [-0.15, -0.1) is 0 Å². The molecule has 0 fully saturated rings. The van der Waals surface area contributed by atoms with E-state index < -0.39 is 26.5 Å². The van der Waals surface area contributed by atoms with E-state index >= 15 is 0 Å². The van der Waals surface area contributed by atoms with Crippen molar-refractivity contribution in [2.75, 3.05) is 26.4 Å². The molecular weight excluding hydrogens is 701 g/mol. The minimum atomic E-state index is -4.41. The van der Waals surface area contributed by atoms with Crippen molar-refractivity contribution >= 4 is 19.7 Å². The van der Waals surface area contributed by atoms with Crippen molar-refractivity contribution in [3.8, 4) is 0 Å². The molecule has 2 atom stereocenters. The molecule has 0 aromatic carbocycles. The Bertz CT molecular complexity index is 860. The van der Waals surface area contributed by atoms with Gasteiger partial charge in [0.1, 0.15) is 12.7 Å². The van der Waals surface area contributed by atoms with Gasteiger partial charge in [-0.2, -0.15) is 0 Å². The van der Waals surface area contributed by atoms with Gasteiger partial charge in [-0.1, -0.05) is 213 Å². The van der Waals surface area contributed by atoms with E-state index in [1.807, 2.05) is 0 Å². The van der Waals surface area contributed by atoms with Gasteiger partial charge in [0, 0.05) is 19.4 Å². The number of aliphatic hydroxyl groups is 1. The minimum Gasteiger partial charge on any atom is -0.463 e. The van der Waals surface area contributed by atoms with Crippen LogP contribution in [0.2, 0.25) is 0 Å². The summed E-state index contributed by atoms with van der Waals surface area (Å²) in [5.41, 5.74) is 0. The second-order valence-corrected chi connectivity index (χ2v) is 17.2. The van der Waals surface area contributed by atoms with E-state index in [1.165, 1.54) is 173 Å². The number of hydrogen-bond acceptors (Lipinski definition) is 7. The Hall–Kier alpha value is -0.990. The average molecular weight is 790 g/mol. The molecule has 0 aliphatic rings. The first-order valence-corrected chi connectivity index (χ1v) is 24.5. The molecule has 0 aromatic rings. The maximum atomic E-state index is 12.1. The summed E-state index contributed by atoms with van der Waals surface area (Å²) in [5.74, 6) is -0.501. The number of rotatable bonds is 44. The Balaban J connectivity index is 3.53. The number of esters is 1. The highest BCUT2D eigenvalue weighted by Crippen LogP contribution is 2.42. The van der Waals surface area contributed by atoms with Crippen LogP contribution < -0.4 is 5.32 Å². The highest BCUT2D eigenvalue weighted by Gasteiger charge is 2.23. The van der Waals surface area contributed by atoms with Crippen molar-refractivity contribution in [3.63, 3.8) is 0 Å². The molecule has 0 saturated carbocycles. The topological polar surface area (TPSA) is 131 Å². The van der Waals surface area contributed by atoms with Crippen LogP contribution in [-0.4, -0.2) is 54.3 Å². The minimum absolute atomic E-state index is 0.0885. The van der Waals surface area contributed by atoms with Gasteiger partial charge in [-0.3, -0.25) is 18.6 Å². The summed E-state index contributed by atoms with van der Waals surface area (Å²) in [4.78, 5) is 33.9. The molecule has 3 N–H and O–H groups in total. The molecule has 9 nitrogen and oxygen atoms in total. The molecule has 54 heavy (non-hydrogen) atoms. The number of amides is 1. The van der Waals surface area contributed by atoms with Crippen molar-refractivity contribution in [1.29, 1.82) is 0 Å². The van der Waals surface area contributed by atoms with E-state index in [0.29, 0.717) is 12.8 Å². The first kappa shape index (κ1) is 53.0. The standard InChI is InChI=1S/C44H88NO8P/c1-3-5-7-9-11-13-15-17-19-21-22-24-26-28-30-32-34-36-43(47)45-38-39-52-54(49,50)53-41-42(46)40-51-44(48)37-35-33-31-29-27-25-23-20-18-16-14-12-10-8-6-4-2/h42,46H,3-41H2,1-2H3,(H,45,47)(H,49,50). The van der Waals surface area contributed by atoms with Crippen LogP contribution in [0.1, 0.15) is 239 Å². The molecule has 2 unspecified atom stereocenters. The highest BCUT2D eigenvalue weighted by molar-refractivity contribution is 7.47. The number of phosphoric acid groups is 1. The molecule has 0 radical (unpaired) electrons. The molecule has 0 spiro atoms. The van der Waals surface area contributed by atoms with Crippen LogP contribution in [0.4, 0.5) is 0 Å². The number of ether oxygens (including phenoxy) is 1. The van der Waals surface area contributed by atoms with Crippen LogP contribution in [0.15, 0.2) is 0 Å². The summed E-state index contributed by atoms with van der Waals surface area (Å²) in [6.45, 7) is 3.61. The van der Waals surface area contributed by atoms with Crippen molar-refractivity contribution < 1.29 is 37.9 Å². The summed E-state index contributed by atoms with van der Waals surface area (Å²) < 4.78 is 26.9. The predicted molar refractivity (Wildman–Crippen MR) is 225 cm³/mol. The van der Waals surface area contributed by atoms with Gasteiger partial charge in [0.15, 0.2) is 0 Å². The third-order valence-electron chi connectivity index (χ3n) is 10.3. The Morgan fingerprint density at radius 1 is 0.500 bits per heavy atom. The molecule has 0 heterocycles. The zero-order chi connectivity index (χ0) is 39.6. The maximum absolute atomic E-state index is 12.1. The Kier molecular flexibility index (Phi) is 40.9. The molecule has 0 aromatic heterocycles. The van der Waals surface area contributed by atoms with Crippen molar-refractivity contribution in [1.82, 2.24) is 5.32 Å². The Labute approximate surface area is 333 Å². The first-order chi connectivity index (χ1) is 26.3. The van der Waals surface area contributed by atoms with E-state index in [4.69, 9.17) is 13.8 Å². The van der Waals surface area contributed by atoms with Gasteiger partial charge in [-0.25, -0.2) is 4.57 Å². The predicted octanol–water partition coefficient (Wildman–Crippen LogP) is 12.8. The number of unbranched alkanes of at least 4 members (excludes halogenated alkanes) is 31. The monoisotopic (exact) mass is 790 g/mol. The second kappa shape index (κ2) is 41.6. The molecule has 1 amide bonds. The van der Waals surface area contributed by atoms with Gasteiger partial charge in [0.2, 0.25) is 5.91 Å². The van der Waals surface area contributed by atoms with E-state index in [-0.39, 0.29) is 25.7 Å². The summed E-state index contributed by atoms with van der Waals surface area (Å²) >= 11 is 0. The third kappa shape index (κ3) is 42.2. The second-order valence-electron chi connectivity index (χ2n) is 15.7. The lowest BCUT2D eigenvalue weighted by atomic mass is 10.0. The van der Waals surface area contributed by atoms with Gasteiger partial charge >= 0.3 is 13.8 Å². The first-order valence-electron chi connectivity index (χ1n) is 23.0. The summed E-state index contributed by atoms with van der Waals surface area (Å²) in [5, 5.41) is 12.7. The number of carbonyl (C=O) groups is 2. The van der Waals surface area contributed by atoms with Crippen LogP contribution in [-0.2, 0) is 27.9 Å². The number of aliphatic hydroxyl groups excluding tert-OH is 1. The fourth-order valence-corrected chi connectivity index (χ4v) is 7.55. The number of hydrogen-bond donors (Lipinski definition) is 3. The molecule has 0 bridgehead atoms. The lowest BCUT2D eigenvalue weighted by Crippen LogP contribution is -2.27.